The molecule has 0 aliphatic heterocycles. The summed E-state index contributed by atoms with van der Waals surface area (Å²) in [6, 6.07) is 0. The van der Waals surface area contributed by atoms with Gasteiger partial charge in [-0.25, -0.2) is 0 Å². The molecule has 0 atom stereocenters. The van der Waals surface area contributed by atoms with E-state index < -0.39 is 0 Å². The molecular formula is BI2O2. The first-order valence-corrected chi connectivity index (χ1v) is 2.54. The molecule has 5 heteroatoms. The molecule has 2 nitrogen and oxygen atoms in total. The first-order valence-electron chi connectivity index (χ1n) is 0.780. The molecule has 0 rings (SSSR count). The van der Waals surface area contributed by atoms with Gasteiger partial charge in [0.2, 0.25) is 0 Å². The molecule has 29 valence electrons. The highest BCUT2D eigenvalue weighted by atomic mass is 127. The van der Waals surface area contributed by atoms with Crippen LogP contribution in [0.4, 0.5) is 0 Å². The molecule has 0 aromatic rings. The minimum Gasteiger partial charge on any atom is -0.348 e. The van der Waals surface area contributed by atoms with Crippen molar-refractivity contribution >= 4 is 53.7 Å². The highest BCUT2D eigenvalue weighted by Crippen LogP contribution is 1.86. The lowest BCUT2D eigenvalue weighted by Crippen LogP contribution is -1.82. The van der Waals surface area contributed by atoms with Crippen molar-refractivity contribution in [1.82, 2.24) is 0 Å². The molecule has 0 saturated carbocycles. The summed E-state index contributed by atoms with van der Waals surface area (Å²) in [5.41, 5.74) is 0. The summed E-state index contributed by atoms with van der Waals surface area (Å²) in [7, 11) is 1.22. The molecule has 0 fully saturated rings. The minimum absolute atomic E-state index is 1.22. The van der Waals surface area contributed by atoms with Crippen molar-refractivity contribution in [1.29, 1.82) is 0 Å². The van der Waals surface area contributed by atoms with Crippen molar-refractivity contribution in [2.24, 2.45) is 0 Å². The van der Waals surface area contributed by atoms with E-state index in [0.717, 1.165) is 0 Å². The Bertz CT molecular complexity index is 15.1. The van der Waals surface area contributed by atoms with Gasteiger partial charge in [0.15, 0.2) is 0 Å². The van der Waals surface area contributed by atoms with E-state index in [2.05, 4.69) is 5.97 Å². The molecule has 5 heavy (non-hydrogen) atoms. The summed E-state index contributed by atoms with van der Waals surface area (Å²) in [4.78, 5) is 0. The van der Waals surface area contributed by atoms with E-state index in [1.165, 1.54) is 7.69 Å². The van der Waals surface area contributed by atoms with Gasteiger partial charge in [-0.05, 0) is 0 Å². The van der Waals surface area contributed by atoms with Gasteiger partial charge in [-0.2, -0.15) is 0 Å². The van der Waals surface area contributed by atoms with Crippen LogP contribution in [0.5, 0.6) is 0 Å². The third-order valence-electron chi connectivity index (χ3n) is 0.0727. The molecule has 0 heterocycles. The van der Waals surface area contributed by atoms with E-state index in [1.54, 1.807) is 46.0 Å². The Morgan fingerprint density at radius 3 is 1.60 bits per heavy atom. The number of rotatable bonds is 2. The largest absolute Gasteiger partial charge is 0.508 e. The van der Waals surface area contributed by atoms with Crippen LogP contribution in [0.2, 0.25) is 0 Å². The summed E-state index contributed by atoms with van der Waals surface area (Å²) in [6.07, 6.45) is 0. The summed E-state index contributed by atoms with van der Waals surface area (Å²) in [5.74, 6) is 0. The maximum absolute atomic E-state index is 4.31. The smallest absolute Gasteiger partial charge is 0.348 e. The van der Waals surface area contributed by atoms with Gasteiger partial charge in [0.05, 0.1) is 46.0 Å². The van der Waals surface area contributed by atoms with Crippen LogP contribution in [0.1, 0.15) is 0 Å². The highest BCUT2D eigenvalue weighted by molar-refractivity contribution is 14.1. The summed E-state index contributed by atoms with van der Waals surface area (Å²) >= 11 is 3.40. The lowest BCUT2D eigenvalue weighted by atomic mass is 10.5. The van der Waals surface area contributed by atoms with Crippen LogP contribution in [-0.2, 0) is 5.97 Å². The van der Waals surface area contributed by atoms with Crippen LogP contribution in [0.15, 0.2) is 0 Å². The SMILES string of the molecule is IO[B]OI. The number of hydrogen-bond donors (Lipinski definition) is 0. The van der Waals surface area contributed by atoms with E-state index in [9.17, 15) is 0 Å². The quantitative estimate of drug-likeness (QED) is 0.564. The van der Waals surface area contributed by atoms with Gasteiger partial charge in [-0.3, -0.25) is 0 Å². The van der Waals surface area contributed by atoms with Gasteiger partial charge in [0.1, 0.15) is 0 Å². The Labute approximate surface area is 59.3 Å². The molecule has 0 aromatic heterocycles. The van der Waals surface area contributed by atoms with Crippen molar-refractivity contribution in [3.05, 3.63) is 0 Å². The standard InChI is InChI=1S/BI2O2/c2-4-1-5-3. The number of halogens is 2. The zero-order chi connectivity index (χ0) is 4.12. The van der Waals surface area contributed by atoms with Crippen molar-refractivity contribution in [2.45, 2.75) is 0 Å². The second-order valence-corrected chi connectivity index (χ2v) is 1.29. The van der Waals surface area contributed by atoms with Gasteiger partial charge in [-0.15, -0.1) is 0 Å². The van der Waals surface area contributed by atoms with Crippen LogP contribution < -0.4 is 0 Å². The Hall–Kier alpha value is 1.44. The van der Waals surface area contributed by atoms with Crippen LogP contribution in [-0.4, -0.2) is 7.69 Å². The fourth-order valence-corrected chi connectivity index (χ4v) is 0.619. The molecule has 0 bridgehead atoms. The predicted molar refractivity (Wildman–Crippen MR) is 36.0 cm³/mol. The van der Waals surface area contributed by atoms with Crippen molar-refractivity contribution in [3.8, 4) is 0 Å². The van der Waals surface area contributed by atoms with Gasteiger partial charge in [-0.1, -0.05) is 0 Å². The van der Waals surface area contributed by atoms with Crippen LogP contribution in [0, 0.1) is 0 Å². The lowest BCUT2D eigenvalue weighted by molar-refractivity contribution is 0.622. The Kier molecular flexibility index (Phi) is 7.02. The monoisotopic (exact) mass is 297 g/mol. The third-order valence-corrected chi connectivity index (χ3v) is 0.488. The van der Waals surface area contributed by atoms with Crippen molar-refractivity contribution in [2.75, 3.05) is 0 Å². The summed E-state index contributed by atoms with van der Waals surface area (Å²) in [6.45, 7) is 0. The van der Waals surface area contributed by atoms with Crippen molar-refractivity contribution in [3.63, 3.8) is 0 Å². The molecule has 0 spiro atoms. The normalized spacial score (nSPS) is 7.60. The van der Waals surface area contributed by atoms with Crippen LogP contribution >= 0.6 is 46.0 Å². The Morgan fingerprint density at radius 1 is 1.20 bits per heavy atom. The average molecular weight is 297 g/mol. The van der Waals surface area contributed by atoms with E-state index >= 15 is 0 Å². The average Bonchev–Trinajstić information content (AvgIpc) is 1.41. The third kappa shape index (κ3) is 5.44. The summed E-state index contributed by atoms with van der Waals surface area (Å²) in [5, 5.41) is 0. The molecule has 0 aromatic carbocycles. The minimum atomic E-state index is 1.22. The van der Waals surface area contributed by atoms with Crippen LogP contribution in [0.25, 0.3) is 0 Å². The lowest BCUT2D eigenvalue weighted by Gasteiger charge is -1.76. The summed E-state index contributed by atoms with van der Waals surface area (Å²) < 4.78 is 8.61. The molecule has 0 N–H and O–H groups in total. The van der Waals surface area contributed by atoms with Gasteiger partial charge >= 0.3 is 7.69 Å². The van der Waals surface area contributed by atoms with E-state index in [4.69, 9.17) is 0 Å². The van der Waals surface area contributed by atoms with Gasteiger partial charge < -0.3 is 5.97 Å². The molecule has 0 aliphatic carbocycles. The predicted octanol–water partition coefficient (Wildman–Crippen LogP) is 1.25. The Morgan fingerprint density at radius 2 is 1.60 bits per heavy atom. The molecule has 0 saturated heterocycles. The van der Waals surface area contributed by atoms with Gasteiger partial charge in [0, 0.05) is 0 Å². The molecule has 0 amide bonds. The van der Waals surface area contributed by atoms with E-state index in [0.29, 0.717) is 0 Å². The van der Waals surface area contributed by atoms with Crippen molar-refractivity contribution < 1.29 is 5.97 Å². The molecule has 1 radical (unpaired) electrons. The van der Waals surface area contributed by atoms with Crippen LogP contribution in [0.3, 0.4) is 0 Å². The fourth-order valence-electron chi connectivity index (χ4n) is 0.0137. The Balaban J connectivity index is 2.19. The van der Waals surface area contributed by atoms with E-state index in [-0.39, 0.29) is 0 Å². The topological polar surface area (TPSA) is 18.5 Å². The molecule has 0 aliphatic rings. The number of hydrogen-bond acceptors (Lipinski definition) is 2. The molecular weight excluding hydrogens is 297 g/mol. The fraction of sp³-hybridized carbons (Fsp3) is 0. The first kappa shape index (κ1) is 6.44. The maximum Gasteiger partial charge on any atom is 0.508 e. The zero-order valence-electron chi connectivity index (χ0n) is 2.15. The van der Waals surface area contributed by atoms with E-state index in [1.807, 2.05) is 0 Å². The molecule has 0 unspecified atom stereocenters. The second-order valence-electron chi connectivity index (χ2n) is 0.274. The second kappa shape index (κ2) is 5.44. The zero-order valence-corrected chi connectivity index (χ0v) is 6.46. The maximum atomic E-state index is 4.31. The van der Waals surface area contributed by atoms with Gasteiger partial charge in [0.25, 0.3) is 0 Å². The highest BCUT2D eigenvalue weighted by Gasteiger charge is 1.80. The first-order chi connectivity index (χ1) is 2.41.